The summed E-state index contributed by atoms with van der Waals surface area (Å²) in [5, 5.41) is 3.97. The average Bonchev–Trinajstić information content (AvgIpc) is 2.43. The maximum absolute atomic E-state index is 14.4. The molecule has 0 amide bonds. The van der Waals surface area contributed by atoms with Crippen LogP contribution in [0.5, 0.6) is 0 Å². The molecule has 21 heavy (non-hydrogen) atoms. The molecule has 0 spiro atoms. The summed E-state index contributed by atoms with van der Waals surface area (Å²) >= 11 is 15.3. The zero-order chi connectivity index (χ0) is 15.6. The molecule has 0 fully saturated rings. The minimum absolute atomic E-state index is 0.0789. The van der Waals surface area contributed by atoms with Gasteiger partial charge in [0, 0.05) is 27.6 Å². The molecular formula is C16H15BrCl2FN. The van der Waals surface area contributed by atoms with Crippen LogP contribution >= 0.6 is 39.1 Å². The van der Waals surface area contributed by atoms with Crippen molar-refractivity contribution in [2.45, 2.75) is 26.4 Å². The van der Waals surface area contributed by atoms with E-state index in [0.29, 0.717) is 27.6 Å². The van der Waals surface area contributed by atoms with Gasteiger partial charge in [0.2, 0.25) is 0 Å². The second-order valence-corrected chi connectivity index (χ2v) is 6.73. The zero-order valence-electron chi connectivity index (χ0n) is 11.7. The Morgan fingerprint density at radius 3 is 2.52 bits per heavy atom. The SMILES string of the molecule is CC(C)NCc1ccc(Cl)cc1-c1ccc(Br)c(Cl)c1F. The van der Waals surface area contributed by atoms with Crippen LogP contribution in [0.1, 0.15) is 19.4 Å². The van der Waals surface area contributed by atoms with Gasteiger partial charge < -0.3 is 5.32 Å². The van der Waals surface area contributed by atoms with Crippen molar-refractivity contribution in [2.75, 3.05) is 0 Å². The van der Waals surface area contributed by atoms with Crippen LogP contribution in [0.3, 0.4) is 0 Å². The van der Waals surface area contributed by atoms with Gasteiger partial charge in [0.05, 0.1) is 5.02 Å². The maximum Gasteiger partial charge on any atom is 0.150 e. The summed E-state index contributed by atoms with van der Waals surface area (Å²) in [6, 6.07) is 9.26. The standard InChI is InChI=1S/C16H15BrCl2FN/c1-9(2)21-8-10-3-4-11(18)7-13(10)12-5-6-14(17)15(19)16(12)20/h3-7,9,21H,8H2,1-2H3. The first-order valence-corrected chi connectivity index (χ1v) is 8.10. The van der Waals surface area contributed by atoms with E-state index in [-0.39, 0.29) is 5.02 Å². The normalized spacial score (nSPS) is 11.2. The molecule has 0 aromatic heterocycles. The topological polar surface area (TPSA) is 12.0 Å². The Labute approximate surface area is 142 Å². The lowest BCUT2D eigenvalue weighted by Gasteiger charge is -2.14. The van der Waals surface area contributed by atoms with E-state index < -0.39 is 5.82 Å². The average molecular weight is 391 g/mol. The summed E-state index contributed by atoms with van der Waals surface area (Å²) in [6.45, 7) is 4.76. The van der Waals surface area contributed by atoms with E-state index in [0.717, 1.165) is 11.1 Å². The smallest absolute Gasteiger partial charge is 0.150 e. The van der Waals surface area contributed by atoms with Gasteiger partial charge in [0.15, 0.2) is 5.82 Å². The van der Waals surface area contributed by atoms with Gasteiger partial charge in [-0.25, -0.2) is 4.39 Å². The van der Waals surface area contributed by atoms with E-state index in [9.17, 15) is 4.39 Å². The quantitative estimate of drug-likeness (QED) is 0.625. The molecule has 0 radical (unpaired) electrons. The van der Waals surface area contributed by atoms with Gasteiger partial charge in [-0.15, -0.1) is 0 Å². The Hall–Kier alpha value is -0.610. The Kier molecular flexibility index (Phi) is 5.67. The highest BCUT2D eigenvalue weighted by atomic mass is 79.9. The third-order valence-corrected chi connectivity index (χ3v) is 4.59. The number of benzene rings is 2. The molecule has 0 saturated heterocycles. The third kappa shape index (κ3) is 3.98. The van der Waals surface area contributed by atoms with Gasteiger partial charge in [-0.2, -0.15) is 0 Å². The summed E-state index contributed by atoms with van der Waals surface area (Å²) < 4.78 is 15.0. The Morgan fingerprint density at radius 2 is 1.86 bits per heavy atom. The molecule has 1 N–H and O–H groups in total. The van der Waals surface area contributed by atoms with Crippen molar-refractivity contribution in [3.8, 4) is 11.1 Å². The van der Waals surface area contributed by atoms with Crippen molar-refractivity contribution < 1.29 is 4.39 Å². The highest BCUT2D eigenvalue weighted by Gasteiger charge is 2.15. The minimum Gasteiger partial charge on any atom is -0.310 e. The molecular weight excluding hydrogens is 376 g/mol. The van der Waals surface area contributed by atoms with Gasteiger partial charge in [-0.05, 0) is 45.3 Å². The van der Waals surface area contributed by atoms with E-state index in [1.165, 1.54) is 0 Å². The lowest BCUT2D eigenvalue weighted by molar-refractivity contribution is 0.589. The van der Waals surface area contributed by atoms with Gasteiger partial charge in [-0.3, -0.25) is 0 Å². The largest absolute Gasteiger partial charge is 0.310 e. The predicted molar refractivity (Wildman–Crippen MR) is 91.5 cm³/mol. The van der Waals surface area contributed by atoms with Crippen LogP contribution in [0.2, 0.25) is 10.0 Å². The van der Waals surface area contributed by atoms with Crippen LogP contribution in [0.4, 0.5) is 4.39 Å². The number of halogens is 4. The van der Waals surface area contributed by atoms with Crippen molar-refractivity contribution in [1.29, 1.82) is 0 Å². The van der Waals surface area contributed by atoms with Crippen LogP contribution in [0, 0.1) is 5.82 Å². The first-order valence-electron chi connectivity index (χ1n) is 6.56. The van der Waals surface area contributed by atoms with Crippen LogP contribution in [0.25, 0.3) is 11.1 Å². The molecule has 0 aliphatic heterocycles. The Morgan fingerprint density at radius 1 is 1.14 bits per heavy atom. The summed E-state index contributed by atoms with van der Waals surface area (Å²) in [6.07, 6.45) is 0. The summed E-state index contributed by atoms with van der Waals surface area (Å²) in [5.74, 6) is -0.445. The molecule has 0 saturated carbocycles. The molecule has 2 rings (SSSR count). The molecule has 0 bridgehead atoms. The first-order chi connectivity index (χ1) is 9.90. The van der Waals surface area contributed by atoms with Gasteiger partial charge in [-0.1, -0.05) is 49.2 Å². The van der Waals surface area contributed by atoms with Crippen molar-refractivity contribution in [3.63, 3.8) is 0 Å². The lowest BCUT2D eigenvalue weighted by atomic mass is 9.99. The van der Waals surface area contributed by atoms with Crippen LogP contribution < -0.4 is 5.32 Å². The fourth-order valence-electron chi connectivity index (χ4n) is 2.00. The van der Waals surface area contributed by atoms with E-state index in [1.807, 2.05) is 6.07 Å². The fourth-order valence-corrected chi connectivity index (χ4v) is 2.64. The molecule has 0 unspecified atom stereocenters. The number of hydrogen-bond donors (Lipinski definition) is 1. The van der Waals surface area contributed by atoms with Crippen LogP contribution in [-0.2, 0) is 6.54 Å². The monoisotopic (exact) mass is 389 g/mol. The lowest BCUT2D eigenvalue weighted by Crippen LogP contribution is -2.22. The molecule has 0 atom stereocenters. The Balaban J connectivity index is 2.52. The second-order valence-electron chi connectivity index (χ2n) is 5.06. The van der Waals surface area contributed by atoms with Crippen LogP contribution in [0.15, 0.2) is 34.8 Å². The van der Waals surface area contributed by atoms with E-state index in [2.05, 4.69) is 35.1 Å². The third-order valence-electron chi connectivity index (χ3n) is 3.10. The Bertz CT molecular complexity index is 659. The minimum atomic E-state index is -0.445. The van der Waals surface area contributed by atoms with E-state index in [4.69, 9.17) is 23.2 Å². The first kappa shape index (κ1) is 16.8. The fraction of sp³-hybridized carbons (Fsp3) is 0.250. The van der Waals surface area contributed by atoms with Gasteiger partial charge in [0.25, 0.3) is 0 Å². The van der Waals surface area contributed by atoms with Crippen molar-refractivity contribution in [3.05, 3.63) is 56.2 Å². The highest BCUT2D eigenvalue weighted by Crippen LogP contribution is 2.35. The summed E-state index contributed by atoms with van der Waals surface area (Å²) in [5.41, 5.74) is 2.18. The summed E-state index contributed by atoms with van der Waals surface area (Å²) in [7, 11) is 0. The molecule has 5 heteroatoms. The predicted octanol–water partition coefficient (Wildman–Crippen LogP) is 6.06. The number of nitrogens with one attached hydrogen (secondary N) is 1. The molecule has 2 aromatic rings. The van der Waals surface area contributed by atoms with Crippen molar-refractivity contribution in [1.82, 2.24) is 5.32 Å². The molecule has 0 aliphatic carbocycles. The number of rotatable bonds is 4. The summed E-state index contributed by atoms with van der Waals surface area (Å²) in [4.78, 5) is 0. The highest BCUT2D eigenvalue weighted by molar-refractivity contribution is 9.10. The van der Waals surface area contributed by atoms with Crippen molar-refractivity contribution >= 4 is 39.1 Å². The zero-order valence-corrected chi connectivity index (χ0v) is 14.8. The second kappa shape index (κ2) is 7.10. The van der Waals surface area contributed by atoms with E-state index in [1.54, 1.807) is 24.3 Å². The van der Waals surface area contributed by atoms with Crippen molar-refractivity contribution in [2.24, 2.45) is 0 Å². The van der Waals surface area contributed by atoms with Gasteiger partial charge in [0.1, 0.15) is 0 Å². The maximum atomic E-state index is 14.4. The van der Waals surface area contributed by atoms with E-state index >= 15 is 0 Å². The molecule has 0 heterocycles. The van der Waals surface area contributed by atoms with Crippen LogP contribution in [-0.4, -0.2) is 6.04 Å². The molecule has 2 aromatic carbocycles. The van der Waals surface area contributed by atoms with Gasteiger partial charge >= 0.3 is 0 Å². The number of hydrogen-bond acceptors (Lipinski definition) is 1. The molecule has 112 valence electrons. The molecule has 0 aliphatic rings. The molecule has 1 nitrogen and oxygen atoms in total.